The van der Waals surface area contributed by atoms with E-state index in [1.54, 1.807) is 31.2 Å². The third-order valence-corrected chi connectivity index (χ3v) is 1.88. The standard InChI is InChI=1S/C11H10N2O/c1-2-5-11(8-12,9-13)7-10-4-3-6-14-10/h2-6H,7H2,1H3. The van der Waals surface area contributed by atoms with Crippen molar-refractivity contribution in [2.75, 3.05) is 0 Å². The molecule has 0 amide bonds. The fourth-order valence-corrected chi connectivity index (χ4v) is 1.21. The molecule has 0 aliphatic heterocycles. The van der Waals surface area contributed by atoms with Gasteiger partial charge in [0.25, 0.3) is 0 Å². The van der Waals surface area contributed by atoms with Crippen molar-refractivity contribution in [2.24, 2.45) is 5.41 Å². The summed E-state index contributed by atoms with van der Waals surface area (Å²) < 4.78 is 5.10. The summed E-state index contributed by atoms with van der Waals surface area (Å²) in [5.74, 6) is 0.645. The average molecular weight is 186 g/mol. The second kappa shape index (κ2) is 4.30. The largest absolute Gasteiger partial charge is 0.469 e. The highest BCUT2D eigenvalue weighted by atomic mass is 16.3. The molecule has 0 saturated heterocycles. The highest BCUT2D eigenvalue weighted by molar-refractivity contribution is 5.27. The molecule has 1 aromatic rings. The molecule has 1 aromatic heterocycles. The minimum absolute atomic E-state index is 0.289. The van der Waals surface area contributed by atoms with Crippen molar-refractivity contribution in [3.05, 3.63) is 36.3 Å². The summed E-state index contributed by atoms with van der Waals surface area (Å²) in [6, 6.07) is 7.49. The van der Waals surface area contributed by atoms with E-state index in [1.165, 1.54) is 6.26 Å². The van der Waals surface area contributed by atoms with Crippen LogP contribution in [0.25, 0.3) is 0 Å². The van der Waals surface area contributed by atoms with E-state index in [9.17, 15) is 0 Å². The highest BCUT2D eigenvalue weighted by Crippen LogP contribution is 2.23. The Morgan fingerprint density at radius 3 is 2.64 bits per heavy atom. The quantitative estimate of drug-likeness (QED) is 0.681. The summed E-state index contributed by atoms with van der Waals surface area (Å²) in [4.78, 5) is 0. The molecule has 3 nitrogen and oxygen atoms in total. The topological polar surface area (TPSA) is 60.7 Å². The maximum Gasteiger partial charge on any atom is 0.168 e. The fourth-order valence-electron chi connectivity index (χ4n) is 1.21. The normalized spacial score (nSPS) is 11.1. The number of furan rings is 1. The van der Waals surface area contributed by atoms with Crippen LogP contribution in [0.15, 0.2) is 35.0 Å². The lowest BCUT2D eigenvalue weighted by Gasteiger charge is -2.10. The van der Waals surface area contributed by atoms with E-state index in [1.807, 2.05) is 12.1 Å². The zero-order valence-corrected chi connectivity index (χ0v) is 7.90. The van der Waals surface area contributed by atoms with E-state index in [4.69, 9.17) is 14.9 Å². The van der Waals surface area contributed by atoms with Gasteiger partial charge in [0, 0.05) is 6.42 Å². The summed E-state index contributed by atoms with van der Waals surface area (Å²) >= 11 is 0. The number of nitrogens with zero attached hydrogens (tertiary/aromatic N) is 2. The van der Waals surface area contributed by atoms with E-state index in [0.717, 1.165) is 0 Å². The Bertz CT molecular complexity index is 376. The molecule has 3 heteroatoms. The molecule has 0 spiro atoms. The van der Waals surface area contributed by atoms with Gasteiger partial charge in [0.1, 0.15) is 5.76 Å². The van der Waals surface area contributed by atoms with Crippen molar-refractivity contribution in [3.8, 4) is 12.1 Å². The predicted octanol–water partition coefficient (Wildman–Crippen LogP) is 2.43. The number of nitriles is 2. The van der Waals surface area contributed by atoms with E-state index < -0.39 is 5.41 Å². The van der Waals surface area contributed by atoms with Gasteiger partial charge in [-0.05, 0) is 19.1 Å². The summed E-state index contributed by atoms with van der Waals surface area (Å²) in [6.07, 6.45) is 5.12. The van der Waals surface area contributed by atoms with Gasteiger partial charge in [-0.25, -0.2) is 0 Å². The van der Waals surface area contributed by atoms with E-state index in [2.05, 4.69) is 0 Å². The van der Waals surface area contributed by atoms with Gasteiger partial charge in [-0.1, -0.05) is 12.2 Å². The predicted molar refractivity (Wildman–Crippen MR) is 50.9 cm³/mol. The number of allylic oxidation sites excluding steroid dienone is 2. The molecule has 0 bridgehead atoms. The van der Waals surface area contributed by atoms with Crippen LogP contribution in [0.1, 0.15) is 12.7 Å². The van der Waals surface area contributed by atoms with Crippen LogP contribution >= 0.6 is 0 Å². The molecule has 0 radical (unpaired) electrons. The molecule has 0 aromatic carbocycles. The zero-order valence-electron chi connectivity index (χ0n) is 7.90. The first-order valence-corrected chi connectivity index (χ1v) is 4.25. The Kier molecular flexibility index (Phi) is 3.09. The third kappa shape index (κ3) is 2.02. The minimum atomic E-state index is -1.10. The van der Waals surface area contributed by atoms with E-state index in [0.29, 0.717) is 5.76 Å². The maximum absolute atomic E-state index is 8.94. The van der Waals surface area contributed by atoms with Gasteiger partial charge >= 0.3 is 0 Å². The van der Waals surface area contributed by atoms with Crippen LogP contribution in [0.3, 0.4) is 0 Å². The fraction of sp³-hybridized carbons (Fsp3) is 0.273. The Morgan fingerprint density at radius 1 is 1.50 bits per heavy atom. The van der Waals surface area contributed by atoms with E-state index >= 15 is 0 Å². The van der Waals surface area contributed by atoms with Crippen molar-refractivity contribution in [2.45, 2.75) is 13.3 Å². The molecule has 0 N–H and O–H groups in total. The Hall–Kier alpha value is -2.00. The van der Waals surface area contributed by atoms with Crippen molar-refractivity contribution in [1.82, 2.24) is 0 Å². The van der Waals surface area contributed by atoms with Crippen LogP contribution in [-0.4, -0.2) is 0 Å². The van der Waals surface area contributed by atoms with Crippen LogP contribution in [-0.2, 0) is 6.42 Å². The Morgan fingerprint density at radius 2 is 2.21 bits per heavy atom. The molecular formula is C11H10N2O. The molecule has 70 valence electrons. The van der Waals surface area contributed by atoms with Crippen molar-refractivity contribution in [3.63, 3.8) is 0 Å². The molecule has 0 aliphatic carbocycles. The van der Waals surface area contributed by atoms with Crippen molar-refractivity contribution < 1.29 is 4.42 Å². The molecule has 14 heavy (non-hydrogen) atoms. The SMILES string of the molecule is CC=CC(C#N)(C#N)Cc1ccco1. The van der Waals surface area contributed by atoms with Crippen LogP contribution in [0, 0.1) is 28.1 Å². The first kappa shape index (κ1) is 10.1. The van der Waals surface area contributed by atoms with Gasteiger partial charge < -0.3 is 4.42 Å². The lowest BCUT2D eigenvalue weighted by atomic mass is 9.86. The molecule has 1 rings (SSSR count). The zero-order chi connectivity index (χ0) is 10.4. The number of hydrogen-bond acceptors (Lipinski definition) is 3. The number of hydrogen-bond donors (Lipinski definition) is 0. The van der Waals surface area contributed by atoms with Crippen LogP contribution in [0.2, 0.25) is 0 Å². The molecule has 0 aliphatic rings. The lowest BCUT2D eigenvalue weighted by molar-refractivity contribution is 0.472. The Labute approximate surface area is 82.9 Å². The monoisotopic (exact) mass is 186 g/mol. The van der Waals surface area contributed by atoms with Gasteiger partial charge in [0.2, 0.25) is 0 Å². The Balaban J connectivity index is 2.92. The van der Waals surface area contributed by atoms with Gasteiger partial charge in [0.15, 0.2) is 5.41 Å². The van der Waals surface area contributed by atoms with Crippen molar-refractivity contribution >= 4 is 0 Å². The minimum Gasteiger partial charge on any atom is -0.469 e. The van der Waals surface area contributed by atoms with E-state index in [-0.39, 0.29) is 6.42 Å². The first-order chi connectivity index (χ1) is 6.76. The van der Waals surface area contributed by atoms with Crippen LogP contribution < -0.4 is 0 Å². The maximum atomic E-state index is 8.94. The van der Waals surface area contributed by atoms with Gasteiger partial charge in [-0.2, -0.15) is 10.5 Å². The number of rotatable bonds is 3. The van der Waals surface area contributed by atoms with Gasteiger partial charge in [0.05, 0.1) is 18.4 Å². The van der Waals surface area contributed by atoms with Crippen molar-refractivity contribution in [1.29, 1.82) is 10.5 Å². The highest BCUT2D eigenvalue weighted by Gasteiger charge is 2.28. The molecule has 0 saturated carbocycles. The summed E-state index contributed by atoms with van der Waals surface area (Å²) in [7, 11) is 0. The molecular weight excluding hydrogens is 176 g/mol. The summed E-state index contributed by atoms with van der Waals surface area (Å²) in [6.45, 7) is 1.78. The van der Waals surface area contributed by atoms with Gasteiger partial charge in [-0.3, -0.25) is 0 Å². The van der Waals surface area contributed by atoms with Gasteiger partial charge in [-0.15, -0.1) is 0 Å². The first-order valence-electron chi connectivity index (χ1n) is 4.25. The molecule has 0 fully saturated rings. The second-order valence-electron chi connectivity index (χ2n) is 2.95. The summed E-state index contributed by atoms with van der Waals surface area (Å²) in [5.41, 5.74) is -1.10. The third-order valence-electron chi connectivity index (χ3n) is 1.88. The molecule has 0 atom stereocenters. The smallest absolute Gasteiger partial charge is 0.168 e. The lowest BCUT2D eigenvalue weighted by Crippen LogP contribution is -2.15. The van der Waals surface area contributed by atoms with Crippen LogP contribution in [0.5, 0.6) is 0 Å². The summed E-state index contributed by atoms with van der Waals surface area (Å²) in [5, 5.41) is 17.9. The second-order valence-corrected chi connectivity index (χ2v) is 2.95. The average Bonchev–Trinajstić information content (AvgIpc) is 2.69. The molecule has 1 heterocycles. The molecule has 0 unspecified atom stereocenters. The van der Waals surface area contributed by atoms with Crippen LogP contribution in [0.4, 0.5) is 0 Å².